The Balaban J connectivity index is 1.94. The molecule has 0 atom stereocenters. The van der Waals surface area contributed by atoms with Gasteiger partial charge in [0.15, 0.2) is 0 Å². The maximum atomic E-state index is 11.5. The monoisotopic (exact) mass is 228 g/mol. The van der Waals surface area contributed by atoms with Crippen molar-refractivity contribution in [1.82, 2.24) is 9.88 Å². The SMILES string of the molecule is O=C(OCCCl)N1CCc2[nH]ccc2C1. The van der Waals surface area contributed by atoms with Gasteiger partial charge < -0.3 is 14.6 Å². The number of carbonyl (C=O) groups excluding carboxylic acids is 1. The summed E-state index contributed by atoms with van der Waals surface area (Å²) >= 11 is 5.45. The van der Waals surface area contributed by atoms with Crippen molar-refractivity contribution >= 4 is 17.7 Å². The Morgan fingerprint density at radius 2 is 2.53 bits per heavy atom. The Bertz CT molecular complexity index is 351. The number of aromatic nitrogens is 1. The van der Waals surface area contributed by atoms with Crippen LogP contribution in [0.3, 0.4) is 0 Å². The summed E-state index contributed by atoms with van der Waals surface area (Å²) in [4.78, 5) is 16.4. The van der Waals surface area contributed by atoms with Gasteiger partial charge in [-0.25, -0.2) is 4.79 Å². The summed E-state index contributed by atoms with van der Waals surface area (Å²) in [5, 5.41) is 0. The van der Waals surface area contributed by atoms with Gasteiger partial charge in [0.25, 0.3) is 0 Å². The van der Waals surface area contributed by atoms with Crippen molar-refractivity contribution in [2.45, 2.75) is 13.0 Å². The van der Waals surface area contributed by atoms with E-state index in [1.807, 2.05) is 12.3 Å². The first-order chi connectivity index (χ1) is 7.31. The lowest BCUT2D eigenvalue weighted by Gasteiger charge is -2.26. The summed E-state index contributed by atoms with van der Waals surface area (Å²) in [6.45, 7) is 1.60. The third-order valence-electron chi connectivity index (χ3n) is 2.48. The molecule has 2 heterocycles. The molecule has 2 rings (SSSR count). The Morgan fingerprint density at radius 1 is 1.67 bits per heavy atom. The third-order valence-corrected chi connectivity index (χ3v) is 2.64. The van der Waals surface area contributed by atoms with Crippen LogP contribution in [0.5, 0.6) is 0 Å². The molecule has 0 saturated heterocycles. The second-order valence-electron chi connectivity index (χ2n) is 3.46. The topological polar surface area (TPSA) is 45.3 Å². The summed E-state index contributed by atoms with van der Waals surface area (Å²) < 4.78 is 4.97. The minimum absolute atomic E-state index is 0.275. The van der Waals surface area contributed by atoms with Crippen LogP contribution in [0.1, 0.15) is 11.3 Å². The van der Waals surface area contributed by atoms with Crippen molar-refractivity contribution in [3.63, 3.8) is 0 Å². The number of aromatic amines is 1. The number of H-pyrrole nitrogens is 1. The molecule has 1 aromatic heterocycles. The fourth-order valence-corrected chi connectivity index (χ4v) is 1.80. The van der Waals surface area contributed by atoms with Gasteiger partial charge in [-0.1, -0.05) is 0 Å². The van der Waals surface area contributed by atoms with Crippen LogP contribution >= 0.6 is 11.6 Å². The van der Waals surface area contributed by atoms with Crippen LogP contribution in [0.4, 0.5) is 4.79 Å². The second-order valence-corrected chi connectivity index (χ2v) is 3.83. The van der Waals surface area contributed by atoms with E-state index in [1.54, 1.807) is 4.90 Å². The van der Waals surface area contributed by atoms with Crippen LogP contribution in [-0.4, -0.2) is 35.0 Å². The molecule has 0 aliphatic carbocycles. The summed E-state index contributed by atoms with van der Waals surface area (Å²) in [7, 11) is 0. The molecule has 1 aromatic rings. The molecule has 5 heteroatoms. The fourth-order valence-electron chi connectivity index (χ4n) is 1.72. The van der Waals surface area contributed by atoms with E-state index in [1.165, 1.54) is 11.3 Å². The normalized spacial score (nSPS) is 14.9. The summed E-state index contributed by atoms with van der Waals surface area (Å²) in [5.41, 5.74) is 2.39. The second kappa shape index (κ2) is 4.57. The van der Waals surface area contributed by atoms with Gasteiger partial charge in [0.05, 0.1) is 12.4 Å². The zero-order valence-corrected chi connectivity index (χ0v) is 9.09. The Labute approximate surface area is 93.2 Å². The number of rotatable bonds is 2. The molecular weight excluding hydrogens is 216 g/mol. The molecule has 0 saturated carbocycles. The van der Waals surface area contributed by atoms with Crippen LogP contribution in [0, 0.1) is 0 Å². The molecule has 0 spiro atoms. The van der Waals surface area contributed by atoms with Gasteiger partial charge >= 0.3 is 6.09 Å². The van der Waals surface area contributed by atoms with Gasteiger partial charge in [0.2, 0.25) is 0 Å². The molecule has 1 N–H and O–H groups in total. The molecule has 0 radical (unpaired) electrons. The first kappa shape index (κ1) is 10.4. The highest BCUT2D eigenvalue weighted by molar-refractivity contribution is 6.18. The van der Waals surface area contributed by atoms with Crippen molar-refractivity contribution in [2.24, 2.45) is 0 Å². The van der Waals surface area contributed by atoms with Gasteiger partial charge in [0.1, 0.15) is 6.61 Å². The first-order valence-corrected chi connectivity index (χ1v) is 5.47. The molecule has 1 aliphatic heterocycles. The number of alkyl halides is 1. The van der Waals surface area contributed by atoms with Crippen LogP contribution in [-0.2, 0) is 17.7 Å². The highest BCUT2D eigenvalue weighted by Crippen LogP contribution is 2.17. The Morgan fingerprint density at radius 3 is 3.33 bits per heavy atom. The lowest BCUT2D eigenvalue weighted by Crippen LogP contribution is -2.36. The first-order valence-electron chi connectivity index (χ1n) is 4.94. The smallest absolute Gasteiger partial charge is 0.410 e. The number of fused-ring (bicyclic) bond motifs is 1. The summed E-state index contributed by atoms with van der Waals surface area (Å²) in [6, 6.07) is 2.00. The number of carbonyl (C=O) groups is 1. The van der Waals surface area contributed by atoms with E-state index in [9.17, 15) is 4.79 Å². The summed E-state index contributed by atoms with van der Waals surface area (Å²) in [6.07, 6.45) is 2.49. The van der Waals surface area contributed by atoms with Crippen molar-refractivity contribution in [2.75, 3.05) is 19.0 Å². The predicted octanol–water partition coefficient (Wildman–Crippen LogP) is 1.75. The van der Waals surface area contributed by atoms with Crippen molar-refractivity contribution < 1.29 is 9.53 Å². The lowest BCUT2D eigenvalue weighted by molar-refractivity contribution is 0.103. The van der Waals surface area contributed by atoms with Crippen LogP contribution in [0.2, 0.25) is 0 Å². The van der Waals surface area contributed by atoms with Gasteiger partial charge in [-0.3, -0.25) is 0 Å². The lowest BCUT2D eigenvalue weighted by atomic mass is 10.1. The molecule has 1 amide bonds. The molecule has 0 fully saturated rings. The standard InChI is InChI=1S/C10H13ClN2O2/c11-3-6-15-10(14)13-5-2-9-8(7-13)1-4-12-9/h1,4,12H,2-3,5-7H2. The van der Waals surface area contributed by atoms with E-state index in [4.69, 9.17) is 16.3 Å². The van der Waals surface area contributed by atoms with E-state index < -0.39 is 0 Å². The van der Waals surface area contributed by atoms with E-state index in [-0.39, 0.29) is 12.7 Å². The van der Waals surface area contributed by atoms with Gasteiger partial charge in [-0.05, 0) is 11.6 Å². The van der Waals surface area contributed by atoms with Gasteiger partial charge in [0, 0.05) is 24.9 Å². The number of hydrogen-bond donors (Lipinski definition) is 1. The minimum atomic E-state index is -0.275. The molecule has 0 aromatic carbocycles. The number of halogens is 1. The van der Waals surface area contributed by atoms with Crippen LogP contribution < -0.4 is 0 Å². The third kappa shape index (κ3) is 2.26. The van der Waals surface area contributed by atoms with Crippen molar-refractivity contribution in [1.29, 1.82) is 0 Å². The van der Waals surface area contributed by atoms with Crippen molar-refractivity contribution in [3.05, 3.63) is 23.5 Å². The summed E-state index contributed by atoms with van der Waals surface area (Å²) in [5.74, 6) is 0.342. The molecule has 0 bridgehead atoms. The minimum Gasteiger partial charge on any atom is -0.448 e. The van der Waals surface area contributed by atoms with Gasteiger partial charge in [-0.15, -0.1) is 11.6 Å². The molecule has 1 aliphatic rings. The molecule has 15 heavy (non-hydrogen) atoms. The molecular formula is C10H13ClN2O2. The van der Waals surface area contributed by atoms with E-state index in [0.29, 0.717) is 19.0 Å². The van der Waals surface area contributed by atoms with Gasteiger partial charge in [-0.2, -0.15) is 0 Å². The zero-order chi connectivity index (χ0) is 10.7. The fraction of sp³-hybridized carbons (Fsp3) is 0.500. The molecule has 4 nitrogen and oxygen atoms in total. The quantitative estimate of drug-likeness (QED) is 0.784. The van der Waals surface area contributed by atoms with Crippen molar-refractivity contribution in [3.8, 4) is 0 Å². The zero-order valence-electron chi connectivity index (χ0n) is 8.33. The number of nitrogens with one attached hydrogen (secondary N) is 1. The molecule has 82 valence electrons. The Kier molecular flexibility index (Phi) is 3.16. The van der Waals surface area contributed by atoms with E-state index in [2.05, 4.69) is 4.98 Å². The van der Waals surface area contributed by atoms with Crippen LogP contribution in [0.25, 0.3) is 0 Å². The molecule has 0 unspecified atom stereocenters. The highest BCUT2D eigenvalue weighted by atomic mass is 35.5. The maximum absolute atomic E-state index is 11.5. The van der Waals surface area contributed by atoms with Crippen LogP contribution in [0.15, 0.2) is 12.3 Å². The van der Waals surface area contributed by atoms with E-state index in [0.717, 1.165) is 6.42 Å². The number of ether oxygens (including phenoxy) is 1. The number of amides is 1. The Hall–Kier alpha value is -1.16. The number of hydrogen-bond acceptors (Lipinski definition) is 2. The maximum Gasteiger partial charge on any atom is 0.410 e. The highest BCUT2D eigenvalue weighted by Gasteiger charge is 2.21. The largest absolute Gasteiger partial charge is 0.448 e. The average molecular weight is 229 g/mol. The predicted molar refractivity (Wildman–Crippen MR) is 57.0 cm³/mol. The van der Waals surface area contributed by atoms with E-state index >= 15 is 0 Å². The number of nitrogens with zero attached hydrogens (tertiary/aromatic N) is 1. The average Bonchev–Trinajstić information content (AvgIpc) is 2.72.